The molecule has 13 heavy (non-hydrogen) atoms. The van der Waals surface area contributed by atoms with Crippen LogP contribution in [-0.2, 0) is 0 Å². The molecule has 0 aliphatic heterocycles. The van der Waals surface area contributed by atoms with Gasteiger partial charge >= 0.3 is 0 Å². The lowest BCUT2D eigenvalue weighted by molar-refractivity contribution is 0.340. The number of hydrogen-bond acceptors (Lipinski definition) is 3. The van der Waals surface area contributed by atoms with Crippen molar-refractivity contribution in [3.05, 3.63) is 17.1 Å². The van der Waals surface area contributed by atoms with Gasteiger partial charge in [-0.1, -0.05) is 12.8 Å². The molecule has 1 N–H and O–H groups in total. The van der Waals surface area contributed by atoms with E-state index in [2.05, 4.69) is 28.2 Å². The van der Waals surface area contributed by atoms with E-state index in [1.807, 2.05) is 0 Å². The minimum absolute atomic E-state index is 0.649. The standard InChI is InChI=1S/C10H16N2S/c1-11-9-5-3-2-4-8(9)10-6-7-13-12-10/h6-9,11H,2-5H2,1H3. The maximum atomic E-state index is 4.44. The molecule has 0 amide bonds. The van der Waals surface area contributed by atoms with E-state index >= 15 is 0 Å². The van der Waals surface area contributed by atoms with Gasteiger partial charge in [0, 0.05) is 17.3 Å². The van der Waals surface area contributed by atoms with Gasteiger partial charge in [0.15, 0.2) is 0 Å². The first-order valence-electron chi connectivity index (χ1n) is 4.99. The predicted octanol–water partition coefficient (Wildman–Crippen LogP) is 2.39. The molecule has 1 heterocycles. The van der Waals surface area contributed by atoms with Gasteiger partial charge in [-0.3, -0.25) is 0 Å². The van der Waals surface area contributed by atoms with Crippen LogP contribution in [0, 0.1) is 0 Å². The van der Waals surface area contributed by atoms with Crippen LogP contribution in [0.5, 0.6) is 0 Å². The number of rotatable bonds is 2. The highest BCUT2D eigenvalue weighted by Gasteiger charge is 2.26. The summed E-state index contributed by atoms with van der Waals surface area (Å²) in [5, 5.41) is 5.49. The first kappa shape index (κ1) is 9.16. The quantitative estimate of drug-likeness (QED) is 0.785. The van der Waals surface area contributed by atoms with Gasteiger partial charge in [-0.25, -0.2) is 0 Å². The van der Waals surface area contributed by atoms with Crippen LogP contribution in [0.15, 0.2) is 11.4 Å². The second-order valence-corrected chi connectivity index (χ2v) is 4.38. The normalized spacial score (nSPS) is 29.0. The summed E-state index contributed by atoms with van der Waals surface area (Å²) in [6.07, 6.45) is 5.33. The number of aromatic nitrogens is 1. The molecule has 1 aromatic heterocycles. The highest BCUT2D eigenvalue weighted by atomic mass is 32.1. The van der Waals surface area contributed by atoms with Crippen molar-refractivity contribution >= 4 is 11.5 Å². The summed E-state index contributed by atoms with van der Waals surface area (Å²) < 4.78 is 4.44. The van der Waals surface area contributed by atoms with E-state index < -0.39 is 0 Å². The first-order valence-corrected chi connectivity index (χ1v) is 5.83. The molecular formula is C10H16N2S. The molecule has 2 atom stereocenters. The van der Waals surface area contributed by atoms with Gasteiger partial charge in [0.2, 0.25) is 0 Å². The second kappa shape index (κ2) is 4.20. The Morgan fingerprint density at radius 2 is 2.31 bits per heavy atom. The van der Waals surface area contributed by atoms with Crippen molar-refractivity contribution in [2.45, 2.75) is 37.6 Å². The summed E-state index contributed by atoms with van der Waals surface area (Å²) >= 11 is 1.57. The minimum atomic E-state index is 0.649. The fraction of sp³-hybridized carbons (Fsp3) is 0.700. The summed E-state index contributed by atoms with van der Waals surface area (Å²) in [6.45, 7) is 0. The van der Waals surface area contributed by atoms with E-state index in [0.717, 1.165) is 0 Å². The van der Waals surface area contributed by atoms with Crippen LogP contribution in [0.4, 0.5) is 0 Å². The van der Waals surface area contributed by atoms with Crippen LogP contribution < -0.4 is 5.32 Å². The third kappa shape index (κ3) is 1.92. The predicted molar refractivity (Wildman–Crippen MR) is 56.2 cm³/mol. The zero-order chi connectivity index (χ0) is 9.10. The Balaban J connectivity index is 2.11. The summed E-state index contributed by atoms with van der Waals surface area (Å²) in [6, 6.07) is 2.82. The molecule has 1 aliphatic carbocycles. The Morgan fingerprint density at radius 3 is 3.00 bits per heavy atom. The van der Waals surface area contributed by atoms with Gasteiger partial charge in [-0.15, -0.1) is 0 Å². The summed E-state index contributed by atoms with van der Waals surface area (Å²) in [4.78, 5) is 0. The van der Waals surface area contributed by atoms with Crippen LogP contribution in [0.3, 0.4) is 0 Å². The lowest BCUT2D eigenvalue weighted by Gasteiger charge is -2.29. The topological polar surface area (TPSA) is 24.9 Å². The first-order chi connectivity index (χ1) is 6.42. The average Bonchev–Trinajstić information content (AvgIpc) is 2.70. The van der Waals surface area contributed by atoms with Gasteiger partial charge in [0.1, 0.15) is 0 Å². The van der Waals surface area contributed by atoms with E-state index in [0.29, 0.717) is 12.0 Å². The van der Waals surface area contributed by atoms with Gasteiger partial charge in [0.05, 0.1) is 5.69 Å². The van der Waals surface area contributed by atoms with Crippen LogP contribution in [0.2, 0.25) is 0 Å². The Morgan fingerprint density at radius 1 is 1.46 bits per heavy atom. The van der Waals surface area contributed by atoms with Gasteiger partial charge in [-0.2, -0.15) is 4.37 Å². The van der Waals surface area contributed by atoms with E-state index in [1.165, 1.54) is 31.4 Å². The Hall–Kier alpha value is -0.410. The largest absolute Gasteiger partial charge is 0.316 e. The molecule has 1 fully saturated rings. The minimum Gasteiger partial charge on any atom is -0.316 e. The number of nitrogens with one attached hydrogen (secondary N) is 1. The highest BCUT2D eigenvalue weighted by Crippen LogP contribution is 2.32. The third-order valence-corrected chi connectivity index (χ3v) is 3.55. The third-order valence-electron chi connectivity index (χ3n) is 2.97. The molecule has 0 aromatic carbocycles. The van der Waals surface area contributed by atoms with Gasteiger partial charge < -0.3 is 5.32 Å². The smallest absolute Gasteiger partial charge is 0.0588 e. The summed E-state index contributed by atoms with van der Waals surface area (Å²) in [5.74, 6) is 0.657. The maximum absolute atomic E-state index is 4.44. The molecule has 0 saturated heterocycles. The highest BCUT2D eigenvalue weighted by molar-refractivity contribution is 7.03. The van der Waals surface area contributed by atoms with E-state index in [9.17, 15) is 0 Å². The fourth-order valence-corrected chi connectivity index (χ4v) is 2.82. The van der Waals surface area contributed by atoms with Crippen molar-refractivity contribution in [2.75, 3.05) is 7.05 Å². The number of nitrogens with zero attached hydrogens (tertiary/aromatic N) is 1. The molecule has 2 unspecified atom stereocenters. The summed E-state index contributed by atoms with van der Waals surface area (Å²) in [5.41, 5.74) is 1.30. The van der Waals surface area contributed by atoms with Crippen LogP contribution in [-0.4, -0.2) is 17.5 Å². The molecule has 1 aliphatic rings. The van der Waals surface area contributed by atoms with Crippen molar-refractivity contribution < 1.29 is 0 Å². The van der Waals surface area contributed by atoms with Gasteiger partial charge in [0.25, 0.3) is 0 Å². The average molecular weight is 196 g/mol. The second-order valence-electron chi connectivity index (χ2n) is 3.71. The molecule has 3 heteroatoms. The van der Waals surface area contributed by atoms with Gasteiger partial charge in [-0.05, 0) is 37.5 Å². The molecule has 0 bridgehead atoms. The SMILES string of the molecule is CNC1CCCCC1c1ccsn1. The van der Waals surface area contributed by atoms with Crippen molar-refractivity contribution in [1.29, 1.82) is 0 Å². The van der Waals surface area contributed by atoms with E-state index in [-0.39, 0.29) is 0 Å². The van der Waals surface area contributed by atoms with Crippen molar-refractivity contribution in [3.63, 3.8) is 0 Å². The molecule has 0 radical (unpaired) electrons. The molecule has 2 nitrogen and oxygen atoms in total. The molecule has 0 spiro atoms. The number of hydrogen-bond donors (Lipinski definition) is 1. The lowest BCUT2D eigenvalue weighted by atomic mass is 9.82. The zero-order valence-corrected chi connectivity index (χ0v) is 8.81. The van der Waals surface area contributed by atoms with Crippen LogP contribution >= 0.6 is 11.5 Å². The molecule has 72 valence electrons. The lowest BCUT2D eigenvalue weighted by Crippen LogP contribution is -2.34. The Bertz CT molecular complexity index is 245. The number of likely N-dealkylation sites (N-methyl/N-ethyl adjacent to an activating group) is 1. The van der Waals surface area contributed by atoms with E-state index in [1.54, 1.807) is 11.5 Å². The molecule has 2 rings (SSSR count). The summed E-state index contributed by atoms with van der Waals surface area (Å²) in [7, 11) is 2.06. The van der Waals surface area contributed by atoms with Crippen LogP contribution in [0.25, 0.3) is 0 Å². The van der Waals surface area contributed by atoms with Crippen molar-refractivity contribution in [1.82, 2.24) is 9.69 Å². The maximum Gasteiger partial charge on any atom is 0.0588 e. The molecule has 1 aromatic rings. The molecule has 1 saturated carbocycles. The zero-order valence-electron chi connectivity index (χ0n) is 7.99. The van der Waals surface area contributed by atoms with Crippen molar-refractivity contribution in [3.8, 4) is 0 Å². The Kier molecular flexibility index (Phi) is 2.96. The van der Waals surface area contributed by atoms with Crippen molar-refractivity contribution in [2.24, 2.45) is 0 Å². The monoisotopic (exact) mass is 196 g/mol. The molecular weight excluding hydrogens is 180 g/mol. The fourth-order valence-electron chi connectivity index (χ4n) is 2.24. The van der Waals surface area contributed by atoms with E-state index in [4.69, 9.17) is 0 Å². The van der Waals surface area contributed by atoms with Crippen LogP contribution in [0.1, 0.15) is 37.3 Å². The Labute approximate surface area is 83.5 Å².